The molecule has 1 rings (SSSR count). The van der Waals surface area contributed by atoms with Gasteiger partial charge in [0.1, 0.15) is 0 Å². The first-order valence-electron chi connectivity index (χ1n) is 5.40. The van der Waals surface area contributed by atoms with Crippen molar-refractivity contribution in [2.75, 3.05) is 0 Å². The average molecular weight is 194 g/mol. The second kappa shape index (κ2) is 7.57. The van der Waals surface area contributed by atoms with E-state index < -0.39 is 0 Å². The molecule has 0 radical (unpaired) electrons. The maximum atomic E-state index is 9.42. The number of aryl methyl sites for hydroxylation is 1. The number of hydrogen-bond acceptors (Lipinski definition) is 1. The molecule has 1 aromatic carbocycles. The molecule has 14 heavy (non-hydrogen) atoms. The van der Waals surface area contributed by atoms with E-state index in [0.29, 0.717) is 0 Å². The molecule has 1 atom stereocenters. The maximum Gasteiger partial charge on any atom is 0.0787 e. The van der Waals surface area contributed by atoms with Crippen LogP contribution in [0.2, 0.25) is 0 Å². The van der Waals surface area contributed by atoms with Gasteiger partial charge in [0.15, 0.2) is 0 Å². The fourth-order valence-electron chi connectivity index (χ4n) is 1.02. The van der Waals surface area contributed by atoms with Gasteiger partial charge in [-0.15, -0.1) is 0 Å². The van der Waals surface area contributed by atoms with Gasteiger partial charge in [-0.1, -0.05) is 57.0 Å². The average Bonchev–Trinajstić information content (AvgIpc) is 2.19. The normalized spacial score (nSPS) is 11.5. The van der Waals surface area contributed by atoms with Crippen LogP contribution in [-0.2, 0) is 0 Å². The zero-order valence-electron chi connectivity index (χ0n) is 9.75. The van der Waals surface area contributed by atoms with Gasteiger partial charge in [-0.05, 0) is 18.9 Å². The number of benzene rings is 1. The van der Waals surface area contributed by atoms with Crippen LogP contribution in [0.5, 0.6) is 0 Å². The Morgan fingerprint density at radius 3 is 1.86 bits per heavy atom. The number of hydrogen-bond donors (Lipinski definition) is 1. The molecule has 0 bridgehead atoms. The second-order valence-corrected chi connectivity index (χ2v) is 3.54. The Morgan fingerprint density at radius 1 is 1.07 bits per heavy atom. The van der Waals surface area contributed by atoms with Crippen LogP contribution in [0.25, 0.3) is 0 Å². The summed E-state index contributed by atoms with van der Waals surface area (Å²) in [5.41, 5.74) is 2.25. The van der Waals surface area contributed by atoms with E-state index >= 15 is 0 Å². The molecule has 0 fully saturated rings. The van der Waals surface area contributed by atoms with Crippen LogP contribution in [0, 0.1) is 6.92 Å². The lowest BCUT2D eigenvalue weighted by molar-refractivity contribution is 0.173. The molecule has 0 saturated heterocycles. The van der Waals surface area contributed by atoms with Crippen molar-refractivity contribution in [3.63, 3.8) is 0 Å². The molecule has 0 aliphatic heterocycles. The van der Waals surface area contributed by atoms with Gasteiger partial charge in [-0.2, -0.15) is 0 Å². The summed E-state index contributed by atoms with van der Waals surface area (Å²) in [6, 6.07) is 8.00. The fraction of sp³-hybridized carbons (Fsp3) is 0.538. The lowest BCUT2D eigenvalue weighted by Gasteiger charge is -2.07. The Balaban J connectivity index is 0.000000500. The molecule has 0 heterocycles. The SMILES string of the molecule is CCC.CC[C@@H](O)c1ccc(C)cc1. The number of aliphatic hydroxyl groups is 1. The smallest absolute Gasteiger partial charge is 0.0787 e. The van der Waals surface area contributed by atoms with E-state index in [4.69, 9.17) is 0 Å². The summed E-state index contributed by atoms with van der Waals surface area (Å²) in [5, 5.41) is 9.42. The van der Waals surface area contributed by atoms with Crippen LogP contribution in [-0.4, -0.2) is 5.11 Å². The topological polar surface area (TPSA) is 20.2 Å². The molecule has 0 spiro atoms. The molecule has 0 amide bonds. The van der Waals surface area contributed by atoms with E-state index in [1.165, 1.54) is 12.0 Å². The van der Waals surface area contributed by atoms with E-state index in [1.807, 2.05) is 38.1 Å². The highest BCUT2D eigenvalue weighted by atomic mass is 16.3. The van der Waals surface area contributed by atoms with E-state index in [0.717, 1.165) is 12.0 Å². The van der Waals surface area contributed by atoms with Crippen molar-refractivity contribution in [3.05, 3.63) is 35.4 Å². The molecule has 1 nitrogen and oxygen atoms in total. The molecule has 1 heteroatoms. The molecule has 0 aliphatic rings. The maximum absolute atomic E-state index is 9.42. The van der Waals surface area contributed by atoms with Crippen molar-refractivity contribution in [2.24, 2.45) is 0 Å². The molecule has 0 aliphatic carbocycles. The van der Waals surface area contributed by atoms with Gasteiger partial charge in [0.2, 0.25) is 0 Å². The van der Waals surface area contributed by atoms with Crippen molar-refractivity contribution in [1.29, 1.82) is 0 Å². The molecule has 0 aromatic heterocycles. The van der Waals surface area contributed by atoms with E-state index in [1.54, 1.807) is 0 Å². The highest BCUT2D eigenvalue weighted by molar-refractivity contribution is 5.22. The van der Waals surface area contributed by atoms with Crippen molar-refractivity contribution in [1.82, 2.24) is 0 Å². The van der Waals surface area contributed by atoms with Crippen LogP contribution in [0.15, 0.2) is 24.3 Å². The zero-order valence-corrected chi connectivity index (χ0v) is 9.75. The monoisotopic (exact) mass is 194 g/mol. The Morgan fingerprint density at radius 2 is 1.50 bits per heavy atom. The van der Waals surface area contributed by atoms with Crippen LogP contribution in [0.1, 0.15) is 50.8 Å². The van der Waals surface area contributed by atoms with Crippen LogP contribution in [0.4, 0.5) is 0 Å². The summed E-state index contributed by atoms with van der Waals surface area (Å²) in [6.07, 6.45) is 1.74. The van der Waals surface area contributed by atoms with E-state index in [-0.39, 0.29) is 6.10 Å². The molecule has 1 aromatic rings. The lowest BCUT2D eigenvalue weighted by atomic mass is 10.1. The van der Waals surface area contributed by atoms with Crippen LogP contribution >= 0.6 is 0 Å². The van der Waals surface area contributed by atoms with Crippen LogP contribution < -0.4 is 0 Å². The third-order valence-electron chi connectivity index (χ3n) is 1.85. The van der Waals surface area contributed by atoms with Crippen molar-refractivity contribution in [3.8, 4) is 0 Å². The minimum absolute atomic E-state index is 0.296. The molecular weight excluding hydrogens is 172 g/mol. The molecular formula is C13H22O. The third kappa shape index (κ3) is 5.03. The minimum Gasteiger partial charge on any atom is -0.388 e. The Bertz CT molecular complexity index is 225. The van der Waals surface area contributed by atoms with E-state index in [2.05, 4.69) is 13.8 Å². The first-order valence-corrected chi connectivity index (χ1v) is 5.40. The first kappa shape index (κ1) is 13.2. The summed E-state index contributed by atoms with van der Waals surface area (Å²) >= 11 is 0. The third-order valence-corrected chi connectivity index (χ3v) is 1.85. The molecule has 1 N–H and O–H groups in total. The van der Waals surface area contributed by atoms with Crippen molar-refractivity contribution >= 4 is 0 Å². The minimum atomic E-state index is -0.296. The van der Waals surface area contributed by atoms with Crippen molar-refractivity contribution in [2.45, 2.75) is 46.6 Å². The summed E-state index contributed by atoms with van der Waals surface area (Å²) < 4.78 is 0. The second-order valence-electron chi connectivity index (χ2n) is 3.54. The zero-order chi connectivity index (χ0) is 11.0. The Hall–Kier alpha value is -0.820. The highest BCUT2D eigenvalue weighted by Crippen LogP contribution is 2.15. The summed E-state index contributed by atoms with van der Waals surface area (Å²) in [5.74, 6) is 0. The summed E-state index contributed by atoms with van der Waals surface area (Å²) in [6.45, 7) is 8.27. The molecule has 80 valence electrons. The van der Waals surface area contributed by atoms with Crippen molar-refractivity contribution < 1.29 is 5.11 Å². The first-order chi connectivity index (χ1) is 6.65. The van der Waals surface area contributed by atoms with Crippen LogP contribution in [0.3, 0.4) is 0 Å². The van der Waals surface area contributed by atoms with Gasteiger partial charge in [0.25, 0.3) is 0 Å². The predicted molar refractivity (Wildman–Crippen MR) is 62.4 cm³/mol. The number of aliphatic hydroxyl groups excluding tert-OH is 1. The van der Waals surface area contributed by atoms with Gasteiger partial charge in [0.05, 0.1) is 6.10 Å². The standard InChI is InChI=1S/C10H14O.C3H8/c1-3-10(11)9-6-4-8(2)5-7-9;1-3-2/h4-7,10-11H,3H2,1-2H3;3H2,1-2H3/t10-;/m1./s1. The Labute approximate surface area is 87.8 Å². The Kier molecular flexibility index (Phi) is 7.13. The van der Waals surface area contributed by atoms with Gasteiger partial charge in [-0.25, -0.2) is 0 Å². The predicted octanol–water partition coefficient (Wildman–Crippen LogP) is 3.85. The molecule has 0 saturated carbocycles. The number of rotatable bonds is 2. The molecule has 0 unspecified atom stereocenters. The highest BCUT2D eigenvalue weighted by Gasteiger charge is 2.01. The quantitative estimate of drug-likeness (QED) is 0.758. The lowest BCUT2D eigenvalue weighted by Crippen LogP contribution is -1.93. The van der Waals surface area contributed by atoms with Gasteiger partial charge in [0, 0.05) is 0 Å². The summed E-state index contributed by atoms with van der Waals surface area (Å²) in [7, 11) is 0. The van der Waals surface area contributed by atoms with Gasteiger partial charge in [-0.3, -0.25) is 0 Å². The summed E-state index contributed by atoms with van der Waals surface area (Å²) in [4.78, 5) is 0. The largest absolute Gasteiger partial charge is 0.388 e. The van der Waals surface area contributed by atoms with E-state index in [9.17, 15) is 5.11 Å². The van der Waals surface area contributed by atoms with Gasteiger partial charge >= 0.3 is 0 Å². The fourth-order valence-corrected chi connectivity index (χ4v) is 1.02. The van der Waals surface area contributed by atoms with Gasteiger partial charge < -0.3 is 5.11 Å².